The third kappa shape index (κ3) is 3.96. The smallest absolute Gasteiger partial charge is 0.325 e. The number of rotatable bonds is 4. The minimum atomic E-state index is -4.41. The van der Waals surface area contributed by atoms with E-state index >= 15 is 0 Å². The summed E-state index contributed by atoms with van der Waals surface area (Å²) >= 11 is 0. The Morgan fingerprint density at radius 1 is 1.37 bits per heavy atom. The molecule has 0 radical (unpaired) electrons. The van der Waals surface area contributed by atoms with Crippen molar-refractivity contribution in [3.05, 3.63) is 29.3 Å². The van der Waals surface area contributed by atoms with Gasteiger partial charge < -0.3 is 10.6 Å². The monoisotopic (exact) mass is 272 g/mol. The topological polar surface area (TPSA) is 41.1 Å². The van der Waals surface area contributed by atoms with Crippen LogP contribution in [-0.2, 0) is 11.0 Å². The van der Waals surface area contributed by atoms with E-state index in [0.717, 1.165) is 18.9 Å². The molecule has 1 amide bonds. The number of alkyl halides is 3. The van der Waals surface area contributed by atoms with Crippen LogP contribution in [0.15, 0.2) is 18.2 Å². The molecule has 0 bridgehead atoms. The summed E-state index contributed by atoms with van der Waals surface area (Å²) in [5.41, 5.74) is -0.414. The van der Waals surface area contributed by atoms with Crippen LogP contribution in [0.25, 0.3) is 0 Å². The Bertz CT molecular complexity index is 481. The molecule has 1 aliphatic carbocycles. The number of amides is 1. The minimum absolute atomic E-state index is 0.125. The summed E-state index contributed by atoms with van der Waals surface area (Å²) in [4.78, 5) is 11.5. The van der Waals surface area contributed by atoms with Gasteiger partial charge >= 0.3 is 6.18 Å². The molecular formula is C13H15F3N2O. The fourth-order valence-corrected chi connectivity index (χ4v) is 1.73. The van der Waals surface area contributed by atoms with Crippen molar-refractivity contribution in [2.45, 2.75) is 32.0 Å². The fourth-order valence-electron chi connectivity index (χ4n) is 1.73. The van der Waals surface area contributed by atoms with Gasteiger partial charge in [0.15, 0.2) is 0 Å². The average Bonchev–Trinajstić information content (AvgIpc) is 3.11. The summed E-state index contributed by atoms with van der Waals surface area (Å²) in [6.07, 6.45) is -2.30. The lowest BCUT2D eigenvalue weighted by molar-refractivity contribution is -0.138. The second-order valence-electron chi connectivity index (χ2n) is 4.73. The molecule has 2 N–H and O–H groups in total. The highest BCUT2D eigenvalue weighted by Crippen LogP contribution is 2.33. The first-order chi connectivity index (χ1) is 8.86. The van der Waals surface area contributed by atoms with Crippen molar-refractivity contribution in [2.24, 2.45) is 0 Å². The number of aryl methyl sites for hydroxylation is 1. The molecule has 1 aromatic rings. The maximum atomic E-state index is 12.7. The molecule has 6 heteroatoms. The largest absolute Gasteiger partial charge is 0.416 e. The molecule has 0 aromatic heterocycles. The molecule has 3 nitrogen and oxygen atoms in total. The van der Waals surface area contributed by atoms with Gasteiger partial charge in [-0.2, -0.15) is 13.2 Å². The SMILES string of the molecule is Cc1ccc(NC(=O)CNC2CC2)cc1C(F)(F)F. The second-order valence-corrected chi connectivity index (χ2v) is 4.73. The van der Waals surface area contributed by atoms with Crippen molar-refractivity contribution in [2.75, 3.05) is 11.9 Å². The number of nitrogens with one attached hydrogen (secondary N) is 2. The predicted octanol–water partition coefficient (Wildman–Crippen LogP) is 2.70. The van der Waals surface area contributed by atoms with Crippen LogP contribution in [0.2, 0.25) is 0 Å². The summed E-state index contributed by atoms with van der Waals surface area (Å²) in [5, 5.41) is 5.46. The number of hydrogen-bond acceptors (Lipinski definition) is 2. The lowest BCUT2D eigenvalue weighted by atomic mass is 10.1. The number of carbonyl (C=O) groups excluding carboxylic acids is 1. The lowest BCUT2D eigenvalue weighted by Crippen LogP contribution is -2.29. The van der Waals surface area contributed by atoms with Crippen LogP contribution < -0.4 is 10.6 Å². The summed E-state index contributed by atoms with van der Waals surface area (Å²) < 4.78 is 38.1. The molecule has 2 rings (SSSR count). The number of carbonyl (C=O) groups is 1. The van der Waals surface area contributed by atoms with Gasteiger partial charge in [0.05, 0.1) is 12.1 Å². The van der Waals surface area contributed by atoms with Crippen molar-refractivity contribution in [1.82, 2.24) is 5.32 Å². The summed E-state index contributed by atoms with van der Waals surface area (Å²) in [6.45, 7) is 1.52. The van der Waals surface area contributed by atoms with E-state index in [-0.39, 0.29) is 23.7 Å². The zero-order valence-corrected chi connectivity index (χ0v) is 10.5. The van der Waals surface area contributed by atoms with E-state index < -0.39 is 11.7 Å². The highest BCUT2D eigenvalue weighted by molar-refractivity contribution is 5.92. The van der Waals surface area contributed by atoms with Gasteiger partial charge in [-0.3, -0.25) is 4.79 Å². The van der Waals surface area contributed by atoms with Crippen LogP contribution in [0.3, 0.4) is 0 Å². The van der Waals surface area contributed by atoms with Gasteiger partial charge in [-0.1, -0.05) is 6.07 Å². The van der Waals surface area contributed by atoms with Gasteiger partial charge in [0.1, 0.15) is 0 Å². The lowest BCUT2D eigenvalue weighted by Gasteiger charge is -2.13. The van der Waals surface area contributed by atoms with E-state index in [0.29, 0.717) is 6.04 Å². The number of hydrogen-bond donors (Lipinski definition) is 2. The van der Waals surface area contributed by atoms with E-state index in [1.807, 2.05) is 0 Å². The molecule has 1 saturated carbocycles. The van der Waals surface area contributed by atoms with E-state index in [9.17, 15) is 18.0 Å². The van der Waals surface area contributed by atoms with Crippen LogP contribution in [0.5, 0.6) is 0 Å². The van der Waals surface area contributed by atoms with Crippen LogP contribution in [0.4, 0.5) is 18.9 Å². The standard InChI is InChI=1S/C13H15F3N2O/c1-8-2-3-10(6-11(8)13(14,15)16)18-12(19)7-17-9-4-5-9/h2-3,6,9,17H,4-5,7H2,1H3,(H,18,19). The van der Waals surface area contributed by atoms with Crippen molar-refractivity contribution in [3.63, 3.8) is 0 Å². The minimum Gasteiger partial charge on any atom is -0.325 e. The van der Waals surface area contributed by atoms with Crippen LogP contribution in [0, 0.1) is 6.92 Å². The Balaban J connectivity index is 2.01. The molecule has 1 fully saturated rings. The zero-order valence-electron chi connectivity index (χ0n) is 10.5. The molecule has 0 unspecified atom stereocenters. The molecule has 19 heavy (non-hydrogen) atoms. The highest BCUT2D eigenvalue weighted by Gasteiger charge is 2.32. The Labute approximate surface area is 109 Å². The fraction of sp³-hybridized carbons (Fsp3) is 0.462. The second kappa shape index (κ2) is 5.21. The molecule has 0 aliphatic heterocycles. The van der Waals surface area contributed by atoms with Gasteiger partial charge in [0, 0.05) is 11.7 Å². The zero-order chi connectivity index (χ0) is 14.0. The number of halogens is 3. The van der Waals surface area contributed by atoms with E-state index in [2.05, 4.69) is 10.6 Å². The molecule has 0 saturated heterocycles. The Kier molecular flexibility index (Phi) is 3.80. The van der Waals surface area contributed by atoms with Crippen LogP contribution >= 0.6 is 0 Å². The molecule has 0 heterocycles. The maximum absolute atomic E-state index is 12.7. The van der Waals surface area contributed by atoms with Gasteiger partial charge in [-0.25, -0.2) is 0 Å². The molecule has 0 atom stereocenters. The Morgan fingerprint density at radius 2 is 2.05 bits per heavy atom. The van der Waals surface area contributed by atoms with E-state index in [1.165, 1.54) is 19.1 Å². The first-order valence-electron chi connectivity index (χ1n) is 6.07. The molecule has 1 aliphatic rings. The van der Waals surface area contributed by atoms with Crippen molar-refractivity contribution < 1.29 is 18.0 Å². The van der Waals surface area contributed by atoms with Gasteiger partial charge in [0.25, 0.3) is 0 Å². The molecule has 1 aromatic carbocycles. The third-order valence-electron chi connectivity index (χ3n) is 2.96. The first-order valence-corrected chi connectivity index (χ1v) is 6.07. The first kappa shape index (κ1) is 13.9. The van der Waals surface area contributed by atoms with Gasteiger partial charge in [-0.05, 0) is 37.5 Å². The Hall–Kier alpha value is -1.56. The van der Waals surface area contributed by atoms with Gasteiger partial charge in [-0.15, -0.1) is 0 Å². The van der Waals surface area contributed by atoms with E-state index in [4.69, 9.17) is 0 Å². The maximum Gasteiger partial charge on any atom is 0.416 e. The van der Waals surface area contributed by atoms with E-state index in [1.54, 1.807) is 0 Å². The molecule has 104 valence electrons. The quantitative estimate of drug-likeness (QED) is 0.884. The molecular weight excluding hydrogens is 257 g/mol. The number of anilines is 1. The van der Waals surface area contributed by atoms with Gasteiger partial charge in [0.2, 0.25) is 5.91 Å². The van der Waals surface area contributed by atoms with Crippen LogP contribution in [-0.4, -0.2) is 18.5 Å². The Morgan fingerprint density at radius 3 is 2.63 bits per heavy atom. The summed E-state index contributed by atoms with van der Waals surface area (Å²) in [7, 11) is 0. The van der Waals surface area contributed by atoms with Crippen molar-refractivity contribution in [1.29, 1.82) is 0 Å². The van der Waals surface area contributed by atoms with Crippen LogP contribution in [0.1, 0.15) is 24.0 Å². The molecule has 0 spiro atoms. The highest BCUT2D eigenvalue weighted by atomic mass is 19.4. The summed E-state index contributed by atoms with van der Waals surface area (Å²) in [5.74, 6) is -0.330. The third-order valence-corrected chi connectivity index (χ3v) is 2.96. The van der Waals surface area contributed by atoms with Crippen molar-refractivity contribution >= 4 is 11.6 Å². The van der Waals surface area contributed by atoms with Crippen molar-refractivity contribution in [3.8, 4) is 0 Å². The normalized spacial score (nSPS) is 15.4. The predicted molar refractivity (Wildman–Crippen MR) is 65.8 cm³/mol. The average molecular weight is 272 g/mol. The summed E-state index contributed by atoms with van der Waals surface area (Å²) in [6, 6.07) is 4.17. The number of benzene rings is 1.